The van der Waals surface area contributed by atoms with Gasteiger partial charge in [-0.25, -0.2) is 0 Å². The summed E-state index contributed by atoms with van der Waals surface area (Å²) in [6, 6.07) is 154. The van der Waals surface area contributed by atoms with Crippen molar-refractivity contribution in [3.05, 3.63) is 525 Å². The predicted molar refractivity (Wildman–Crippen MR) is 561 cm³/mol. The van der Waals surface area contributed by atoms with Crippen molar-refractivity contribution >= 4 is 87.2 Å². The Labute approximate surface area is 773 Å². The predicted octanol–water partition coefficient (Wildman–Crippen LogP) is 33.8. The molecule has 18 aromatic carbocycles. The second-order valence-electron chi connectivity index (χ2n) is 36.2. The summed E-state index contributed by atoms with van der Waals surface area (Å²) in [5.41, 5.74) is 38.9. The van der Waals surface area contributed by atoms with Crippen LogP contribution in [0.15, 0.2) is 425 Å². The number of hydrogen-bond donors (Lipinski definition) is 0. The average Bonchev–Trinajstić information content (AvgIpc) is 1.07. The first-order valence-electron chi connectivity index (χ1n) is 46.6. The number of fused-ring (bicyclic) bond motifs is 12. The van der Waals surface area contributed by atoms with Crippen LogP contribution < -0.4 is 0 Å². The molecule has 4 aromatic heterocycles. The van der Waals surface area contributed by atoms with Crippen LogP contribution in [0.2, 0.25) is 0 Å². The van der Waals surface area contributed by atoms with Gasteiger partial charge in [0, 0.05) is 71.3 Å². The lowest BCUT2D eigenvalue weighted by atomic mass is 9.65. The Kier molecular flexibility index (Phi) is 25.3. The van der Waals surface area contributed by atoms with Crippen LogP contribution in [0.5, 0.6) is 0 Å². The number of rotatable bonds is 10. The van der Waals surface area contributed by atoms with Crippen molar-refractivity contribution < 1.29 is 0 Å². The third kappa shape index (κ3) is 17.4. The van der Waals surface area contributed by atoms with Crippen molar-refractivity contribution in [1.29, 1.82) is 0 Å². The molecule has 22 aromatic rings. The summed E-state index contributed by atoms with van der Waals surface area (Å²) >= 11 is 0. The maximum atomic E-state index is 2.40. The van der Waals surface area contributed by atoms with Crippen molar-refractivity contribution in [2.75, 3.05) is 0 Å². The molecular formula is C127H116N4. The van der Waals surface area contributed by atoms with E-state index in [0.717, 1.165) is 0 Å². The summed E-state index contributed by atoms with van der Waals surface area (Å²) < 4.78 is 9.48. The fourth-order valence-corrected chi connectivity index (χ4v) is 20.3. The average molecular weight is 1700 g/mol. The molecule has 0 N–H and O–H groups in total. The number of aromatic nitrogens is 4. The van der Waals surface area contributed by atoms with Crippen LogP contribution in [-0.4, -0.2) is 18.3 Å². The van der Waals surface area contributed by atoms with E-state index in [4.69, 9.17) is 0 Å². The van der Waals surface area contributed by atoms with E-state index in [1.54, 1.807) is 0 Å². The highest BCUT2D eigenvalue weighted by atomic mass is 15.0. The van der Waals surface area contributed by atoms with Gasteiger partial charge in [0.1, 0.15) is 0 Å². The Bertz CT molecular complexity index is 7500. The van der Waals surface area contributed by atoms with Gasteiger partial charge in [-0.2, -0.15) is 0 Å². The maximum absolute atomic E-state index is 2.40. The normalized spacial score (nSPS) is 12.3. The Morgan fingerprint density at radius 1 is 0.191 bits per heavy atom. The molecule has 644 valence electrons. The van der Waals surface area contributed by atoms with Gasteiger partial charge in [-0.15, -0.1) is 0 Å². The molecule has 1 saturated carbocycles. The molecule has 4 heterocycles. The minimum atomic E-state index is -0.343. The minimum Gasteiger partial charge on any atom is -0.309 e. The number of benzene rings is 18. The highest BCUT2D eigenvalue weighted by molar-refractivity contribution is 6.14. The van der Waals surface area contributed by atoms with E-state index in [-0.39, 0.29) is 10.8 Å². The van der Waals surface area contributed by atoms with Gasteiger partial charge in [0.2, 0.25) is 0 Å². The summed E-state index contributed by atoms with van der Waals surface area (Å²) in [6.45, 7) is 25.9. The third-order valence-corrected chi connectivity index (χ3v) is 27.0. The zero-order valence-electron chi connectivity index (χ0n) is 77.7. The SMILES string of the molecule is Cc1ccc(-n2c3ccccc3c3c(C)cccc32)cc1.Cc1ccc(-n2c3ccccc3c3cc(C)ccc32)cc1.Cc1ccc(-n2c3ccccc3c3cccc(C)c32)cc1.Cc1ccc(C(c2ccccc2)(c2ccccc2)c2ccc(C)cc2)cc1.Cc1ccc(C2(c3ccc(C)cc3)CCCCC2)cc1.Cc1cccc2c3cccc(C)c3n(-c3ccccc3)c12. The summed E-state index contributed by atoms with van der Waals surface area (Å²) in [5.74, 6) is 0. The Morgan fingerprint density at radius 3 is 0.916 bits per heavy atom. The standard InChI is InChI=1S/C27H24.4C20H17N.C20H24/c1-21-13-17-25(18-14-21)27(23-9-5-3-6-10-23,24-11-7-4-8-12-24)26-19-15-22(2)16-20-26;1-14-10-12-16(13-11-14)21-19-9-4-3-7-17(19)18-8-5-6-15(2)20(18)21;1-14-10-12-16(13-11-14)21-18-8-4-3-7-17(18)20-15(2)6-5-9-19(20)21;1-14-8-6-12-17-18-13-7-9-15(2)20(18)21(19(14)17)16-10-4-3-5-11-16;1-14-7-10-16(11-8-14)21-19-6-4-3-5-17(19)18-13-15(2)9-12-20(18)21;1-16-6-10-18(11-7-16)20(14-4-3-5-15-20)19-12-8-17(2)9-13-19/h3-20H,1-2H3;4*3-13H,1-2H3;6-13H,3-5,14-15H2,1-2H3. The zero-order chi connectivity index (χ0) is 90.3. The van der Waals surface area contributed by atoms with Crippen molar-refractivity contribution in [2.45, 2.75) is 126 Å². The van der Waals surface area contributed by atoms with Gasteiger partial charge < -0.3 is 18.3 Å². The van der Waals surface area contributed by atoms with E-state index in [1.807, 2.05) is 0 Å². The van der Waals surface area contributed by atoms with Gasteiger partial charge >= 0.3 is 0 Å². The Hall–Kier alpha value is -14.8. The van der Waals surface area contributed by atoms with Crippen molar-refractivity contribution in [3.63, 3.8) is 0 Å². The largest absolute Gasteiger partial charge is 0.309 e. The summed E-state index contributed by atoms with van der Waals surface area (Å²) in [6.07, 6.45) is 6.67. The van der Waals surface area contributed by atoms with Crippen LogP contribution in [0.3, 0.4) is 0 Å². The van der Waals surface area contributed by atoms with E-state index in [2.05, 4.69) is 526 Å². The zero-order valence-corrected chi connectivity index (χ0v) is 77.7. The van der Waals surface area contributed by atoms with Crippen molar-refractivity contribution in [1.82, 2.24) is 18.3 Å². The van der Waals surface area contributed by atoms with E-state index in [0.29, 0.717) is 0 Å². The number of nitrogens with zero attached hydrogens (tertiary/aromatic N) is 4. The van der Waals surface area contributed by atoms with Gasteiger partial charge in [-0.3, -0.25) is 0 Å². The highest BCUT2D eigenvalue weighted by Crippen LogP contribution is 2.48. The molecule has 0 saturated heterocycles. The van der Waals surface area contributed by atoms with Crippen molar-refractivity contribution in [3.8, 4) is 22.7 Å². The minimum absolute atomic E-state index is 0.250. The molecule has 23 rings (SSSR count). The molecule has 0 bridgehead atoms. The number of aryl methyl sites for hydroxylation is 12. The molecular weight excluding hydrogens is 1580 g/mol. The molecule has 0 spiro atoms. The molecule has 4 heteroatoms. The quantitative estimate of drug-likeness (QED) is 0.122. The lowest BCUT2D eigenvalue weighted by Gasteiger charge is -2.38. The van der Waals surface area contributed by atoms with Crippen LogP contribution in [0.4, 0.5) is 0 Å². The Balaban J connectivity index is 0.000000106. The molecule has 4 nitrogen and oxygen atoms in total. The molecule has 1 aliphatic rings. The Morgan fingerprint density at radius 2 is 0.473 bits per heavy atom. The third-order valence-electron chi connectivity index (χ3n) is 27.0. The second kappa shape index (κ2) is 38.2. The summed E-state index contributed by atoms with van der Waals surface area (Å²) in [5, 5.41) is 10.6. The maximum Gasteiger partial charge on any atom is 0.0701 e. The van der Waals surface area contributed by atoms with Crippen LogP contribution in [0.1, 0.15) is 132 Å². The first-order chi connectivity index (χ1) is 63.9. The number of hydrogen-bond acceptors (Lipinski definition) is 0. The van der Waals surface area contributed by atoms with Crippen LogP contribution in [-0.2, 0) is 10.8 Å². The molecule has 0 amide bonds. The fraction of sp³-hybridized carbons (Fsp3) is 0.150. The van der Waals surface area contributed by atoms with Crippen LogP contribution >= 0.6 is 0 Å². The molecule has 1 fully saturated rings. The van der Waals surface area contributed by atoms with Crippen LogP contribution in [0.25, 0.3) is 110 Å². The smallest absolute Gasteiger partial charge is 0.0701 e. The lowest BCUT2D eigenvalue weighted by Crippen LogP contribution is -2.31. The van der Waals surface area contributed by atoms with Crippen molar-refractivity contribution in [2.24, 2.45) is 0 Å². The van der Waals surface area contributed by atoms with E-state index in [9.17, 15) is 0 Å². The molecule has 131 heavy (non-hydrogen) atoms. The van der Waals surface area contributed by atoms with Gasteiger partial charge in [-0.1, -0.05) is 403 Å². The summed E-state index contributed by atoms with van der Waals surface area (Å²) in [7, 11) is 0. The van der Waals surface area contributed by atoms with Crippen LogP contribution in [0, 0.1) is 83.1 Å². The first kappa shape index (κ1) is 86.9. The van der Waals surface area contributed by atoms with E-state index in [1.165, 1.54) is 242 Å². The molecule has 0 radical (unpaired) electrons. The topological polar surface area (TPSA) is 19.7 Å². The molecule has 0 aliphatic heterocycles. The monoisotopic (exact) mass is 1700 g/mol. The van der Waals surface area contributed by atoms with Gasteiger partial charge in [0.25, 0.3) is 0 Å². The first-order valence-corrected chi connectivity index (χ1v) is 46.6. The second-order valence-corrected chi connectivity index (χ2v) is 36.2. The van der Waals surface area contributed by atoms with Gasteiger partial charge in [0.05, 0.1) is 49.5 Å². The highest BCUT2D eigenvalue weighted by Gasteiger charge is 2.39. The summed E-state index contributed by atoms with van der Waals surface area (Å²) in [4.78, 5) is 0. The fourth-order valence-electron chi connectivity index (χ4n) is 20.3. The van der Waals surface area contributed by atoms with Gasteiger partial charge in [0.15, 0.2) is 0 Å². The van der Waals surface area contributed by atoms with Gasteiger partial charge in [-0.05, 0) is 236 Å². The molecule has 1 aliphatic carbocycles. The lowest BCUT2D eigenvalue weighted by molar-refractivity contribution is 0.346. The van der Waals surface area contributed by atoms with E-state index < -0.39 is 0 Å². The molecule has 0 unspecified atom stereocenters. The molecule has 0 atom stereocenters. The van der Waals surface area contributed by atoms with E-state index >= 15 is 0 Å². The number of para-hydroxylation sites is 7.